The van der Waals surface area contributed by atoms with Crippen LogP contribution in [0.1, 0.15) is 62.8 Å². The molecule has 0 bridgehead atoms. The number of nitrogens with one attached hydrogen (secondary N) is 1. The van der Waals surface area contributed by atoms with E-state index in [9.17, 15) is 5.11 Å². The van der Waals surface area contributed by atoms with E-state index in [-0.39, 0.29) is 6.04 Å². The van der Waals surface area contributed by atoms with E-state index in [1.165, 1.54) is 19.3 Å². The maximum Gasteiger partial charge on any atom is 0.0984 e. The molecule has 0 saturated carbocycles. The van der Waals surface area contributed by atoms with Crippen LogP contribution in [0, 0.1) is 0 Å². The van der Waals surface area contributed by atoms with Crippen LogP contribution in [0.3, 0.4) is 0 Å². The monoisotopic (exact) mass is 311 g/mol. The molecule has 0 aliphatic rings. The van der Waals surface area contributed by atoms with Crippen molar-refractivity contribution in [3.8, 4) is 0 Å². The van der Waals surface area contributed by atoms with Crippen molar-refractivity contribution in [1.82, 2.24) is 5.32 Å². The Kier molecular flexibility index (Phi) is 7.31. The lowest BCUT2D eigenvalue weighted by molar-refractivity contribution is 0.121. The molecule has 0 radical (unpaired) electrons. The van der Waals surface area contributed by atoms with Crippen molar-refractivity contribution in [2.75, 3.05) is 0 Å². The number of aliphatic hydroxyl groups excluding tert-OH is 1. The minimum absolute atomic E-state index is 0.0878. The molecule has 0 aromatic heterocycles. The van der Waals surface area contributed by atoms with Crippen LogP contribution in [-0.2, 0) is 0 Å². The molecule has 124 valence electrons. The molecule has 23 heavy (non-hydrogen) atoms. The van der Waals surface area contributed by atoms with E-state index < -0.39 is 6.10 Å². The van der Waals surface area contributed by atoms with Gasteiger partial charge in [0.05, 0.1) is 12.1 Å². The predicted octanol–water partition coefficient (Wildman–Crippen LogP) is 5.02. The van der Waals surface area contributed by atoms with E-state index in [0.29, 0.717) is 6.04 Å². The fourth-order valence-corrected chi connectivity index (χ4v) is 2.96. The van der Waals surface area contributed by atoms with Gasteiger partial charge in [-0.05, 0) is 24.5 Å². The number of hydrogen-bond donors (Lipinski definition) is 2. The van der Waals surface area contributed by atoms with Gasteiger partial charge in [0.1, 0.15) is 0 Å². The standard InChI is InChI=1S/C21H29NO/c1-3-4-7-12-17(2)22-20(18-13-8-5-9-14-18)21(23)19-15-10-6-11-16-19/h5-6,8-11,13-17,20-23H,3-4,7,12H2,1-2H3/t17-,20-,21+/m0/s1. The van der Waals surface area contributed by atoms with Crippen LogP contribution in [0.25, 0.3) is 0 Å². The third-order valence-electron chi connectivity index (χ3n) is 4.32. The van der Waals surface area contributed by atoms with Crippen LogP contribution in [-0.4, -0.2) is 11.1 Å². The summed E-state index contributed by atoms with van der Waals surface area (Å²) in [7, 11) is 0. The molecule has 0 amide bonds. The van der Waals surface area contributed by atoms with E-state index in [1.807, 2.05) is 48.5 Å². The molecule has 2 rings (SSSR count). The van der Waals surface area contributed by atoms with Gasteiger partial charge in [0.25, 0.3) is 0 Å². The van der Waals surface area contributed by atoms with Gasteiger partial charge in [-0.3, -0.25) is 0 Å². The normalized spacial score (nSPS) is 15.1. The van der Waals surface area contributed by atoms with Crippen LogP contribution in [0.2, 0.25) is 0 Å². The van der Waals surface area contributed by atoms with Crippen molar-refractivity contribution in [3.63, 3.8) is 0 Å². The van der Waals surface area contributed by atoms with Gasteiger partial charge in [-0.25, -0.2) is 0 Å². The zero-order valence-electron chi connectivity index (χ0n) is 14.3. The first-order valence-electron chi connectivity index (χ1n) is 8.76. The molecule has 2 heteroatoms. The third kappa shape index (κ3) is 5.49. The highest BCUT2D eigenvalue weighted by Gasteiger charge is 2.23. The molecule has 3 atom stereocenters. The van der Waals surface area contributed by atoms with E-state index in [4.69, 9.17) is 0 Å². The highest BCUT2D eigenvalue weighted by Crippen LogP contribution is 2.29. The van der Waals surface area contributed by atoms with Crippen LogP contribution in [0.5, 0.6) is 0 Å². The third-order valence-corrected chi connectivity index (χ3v) is 4.32. The zero-order chi connectivity index (χ0) is 16.5. The van der Waals surface area contributed by atoms with E-state index in [2.05, 4.69) is 31.3 Å². The van der Waals surface area contributed by atoms with Gasteiger partial charge in [0, 0.05) is 6.04 Å². The lowest BCUT2D eigenvalue weighted by Crippen LogP contribution is -2.34. The molecular formula is C21H29NO. The number of hydrogen-bond acceptors (Lipinski definition) is 2. The first-order chi connectivity index (χ1) is 11.2. The summed E-state index contributed by atoms with van der Waals surface area (Å²) >= 11 is 0. The molecule has 0 unspecified atom stereocenters. The number of benzene rings is 2. The molecule has 2 aromatic rings. The summed E-state index contributed by atoms with van der Waals surface area (Å²) in [4.78, 5) is 0. The smallest absolute Gasteiger partial charge is 0.0984 e. The van der Waals surface area contributed by atoms with Crippen LogP contribution >= 0.6 is 0 Å². The second kappa shape index (κ2) is 9.49. The fraction of sp³-hybridized carbons (Fsp3) is 0.429. The summed E-state index contributed by atoms with van der Waals surface area (Å²) < 4.78 is 0. The van der Waals surface area contributed by atoms with Gasteiger partial charge in [-0.2, -0.15) is 0 Å². The maximum absolute atomic E-state index is 10.9. The molecule has 2 aromatic carbocycles. The van der Waals surface area contributed by atoms with Crippen LogP contribution in [0.15, 0.2) is 60.7 Å². The second-order valence-corrected chi connectivity index (χ2v) is 6.31. The van der Waals surface area contributed by atoms with Gasteiger partial charge >= 0.3 is 0 Å². The average molecular weight is 311 g/mol. The van der Waals surface area contributed by atoms with Crippen molar-refractivity contribution in [3.05, 3.63) is 71.8 Å². The quantitative estimate of drug-likeness (QED) is 0.637. The summed E-state index contributed by atoms with van der Waals surface area (Å²) in [5, 5.41) is 14.5. The predicted molar refractivity (Wildman–Crippen MR) is 97.3 cm³/mol. The summed E-state index contributed by atoms with van der Waals surface area (Å²) in [5.74, 6) is 0. The minimum atomic E-state index is -0.549. The van der Waals surface area contributed by atoms with Crippen molar-refractivity contribution >= 4 is 0 Å². The Morgan fingerprint density at radius 1 is 0.870 bits per heavy atom. The van der Waals surface area contributed by atoms with Crippen molar-refractivity contribution < 1.29 is 5.11 Å². The van der Waals surface area contributed by atoms with Gasteiger partial charge < -0.3 is 10.4 Å². The number of rotatable bonds is 9. The Morgan fingerprint density at radius 3 is 2.00 bits per heavy atom. The summed E-state index contributed by atoms with van der Waals surface area (Å²) in [6.45, 7) is 4.44. The Bertz CT molecular complexity index is 540. The van der Waals surface area contributed by atoms with Gasteiger partial charge in [0.15, 0.2) is 0 Å². The summed E-state index contributed by atoms with van der Waals surface area (Å²) in [6.07, 6.45) is 4.32. The van der Waals surface area contributed by atoms with Crippen molar-refractivity contribution in [2.24, 2.45) is 0 Å². The van der Waals surface area contributed by atoms with Crippen molar-refractivity contribution in [1.29, 1.82) is 0 Å². The number of aliphatic hydroxyl groups is 1. The first-order valence-corrected chi connectivity index (χ1v) is 8.76. The van der Waals surface area contributed by atoms with Crippen LogP contribution < -0.4 is 5.32 Å². The zero-order valence-corrected chi connectivity index (χ0v) is 14.3. The van der Waals surface area contributed by atoms with Gasteiger partial charge in [-0.15, -0.1) is 0 Å². The SMILES string of the molecule is CCCCC[C@H](C)N[C@@H](c1ccccc1)[C@H](O)c1ccccc1. The molecule has 0 heterocycles. The van der Waals surface area contributed by atoms with E-state index in [0.717, 1.165) is 17.5 Å². The molecule has 0 spiro atoms. The van der Waals surface area contributed by atoms with Gasteiger partial charge in [-0.1, -0.05) is 86.8 Å². The largest absolute Gasteiger partial charge is 0.386 e. The molecule has 0 saturated heterocycles. The van der Waals surface area contributed by atoms with Crippen molar-refractivity contribution in [2.45, 2.75) is 57.7 Å². The molecule has 2 N–H and O–H groups in total. The lowest BCUT2D eigenvalue weighted by atomic mass is 9.94. The van der Waals surface area contributed by atoms with E-state index >= 15 is 0 Å². The lowest BCUT2D eigenvalue weighted by Gasteiger charge is -2.28. The van der Waals surface area contributed by atoms with E-state index in [1.54, 1.807) is 0 Å². The van der Waals surface area contributed by atoms with Crippen LogP contribution in [0.4, 0.5) is 0 Å². The Hall–Kier alpha value is -1.64. The Balaban J connectivity index is 2.12. The topological polar surface area (TPSA) is 32.3 Å². The Labute approximate surface area is 140 Å². The minimum Gasteiger partial charge on any atom is -0.386 e. The average Bonchev–Trinajstić information content (AvgIpc) is 2.61. The molecular weight excluding hydrogens is 282 g/mol. The second-order valence-electron chi connectivity index (χ2n) is 6.31. The highest BCUT2D eigenvalue weighted by molar-refractivity contribution is 5.26. The molecule has 0 aliphatic carbocycles. The molecule has 0 fully saturated rings. The highest BCUT2D eigenvalue weighted by atomic mass is 16.3. The summed E-state index contributed by atoms with van der Waals surface area (Å²) in [5.41, 5.74) is 2.08. The first kappa shape index (κ1) is 17.7. The molecule has 2 nitrogen and oxygen atoms in total. The van der Waals surface area contributed by atoms with Gasteiger partial charge in [0.2, 0.25) is 0 Å². The summed E-state index contributed by atoms with van der Waals surface area (Å²) in [6, 6.07) is 20.5. The fourth-order valence-electron chi connectivity index (χ4n) is 2.96. The Morgan fingerprint density at radius 2 is 1.43 bits per heavy atom. The number of unbranched alkanes of at least 4 members (excludes halogenated alkanes) is 2. The molecule has 0 aliphatic heterocycles. The maximum atomic E-state index is 10.9.